The third-order valence-electron chi connectivity index (χ3n) is 2.51. The van der Waals surface area contributed by atoms with Crippen LogP contribution in [0.5, 0.6) is 5.75 Å². The first kappa shape index (κ1) is 14.4. The molecule has 8 heteroatoms. The van der Waals surface area contributed by atoms with Gasteiger partial charge in [-0.1, -0.05) is 6.07 Å². The molecule has 0 bridgehead atoms. The van der Waals surface area contributed by atoms with E-state index in [-0.39, 0.29) is 18.9 Å². The zero-order valence-corrected chi connectivity index (χ0v) is 10.9. The van der Waals surface area contributed by atoms with Crippen LogP contribution in [0.15, 0.2) is 40.8 Å². The van der Waals surface area contributed by atoms with Crippen molar-refractivity contribution in [2.75, 3.05) is 18.9 Å². The molecule has 3 N–H and O–H groups in total. The number of nitrogen functional groups attached to an aromatic ring is 1. The number of carbonyl (C=O) groups excluding carboxylic acids is 1. The number of ether oxygens (including phenoxy) is 1. The molecule has 0 aliphatic heterocycles. The number of amides is 1. The molecule has 0 fully saturated rings. The van der Waals surface area contributed by atoms with Gasteiger partial charge in [0.2, 0.25) is 0 Å². The Labute approximate surface area is 119 Å². The Morgan fingerprint density at radius 3 is 2.86 bits per heavy atom. The van der Waals surface area contributed by atoms with Gasteiger partial charge in [0.05, 0.1) is 12.6 Å². The van der Waals surface area contributed by atoms with Crippen LogP contribution in [0.1, 0.15) is 10.6 Å². The molecule has 1 amide bonds. The molecule has 0 aliphatic carbocycles. The molecule has 110 valence electrons. The Kier molecular flexibility index (Phi) is 4.39. The molecule has 2 aromatic rings. The summed E-state index contributed by atoms with van der Waals surface area (Å²) >= 11 is 0. The molecular formula is C13H13N3O5. The van der Waals surface area contributed by atoms with Crippen molar-refractivity contribution < 1.29 is 18.9 Å². The van der Waals surface area contributed by atoms with Gasteiger partial charge in [0.1, 0.15) is 17.3 Å². The smallest absolute Gasteiger partial charge is 0.433 e. The molecule has 0 radical (unpaired) electrons. The molecule has 0 unspecified atom stereocenters. The van der Waals surface area contributed by atoms with Gasteiger partial charge in [-0.05, 0) is 18.2 Å². The summed E-state index contributed by atoms with van der Waals surface area (Å²) in [5.41, 5.74) is 6.18. The number of hydrogen-bond donors (Lipinski definition) is 2. The molecule has 1 heterocycles. The second-order valence-electron chi connectivity index (χ2n) is 4.07. The third-order valence-corrected chi connectivity index (χ3v) is 2.51. The second kappa shape index (κ2) is 6.42. The molecule has 0 spiro atoms. The molecular weight excluding hydrogens is 278 g/mol. The Balaban J connectivity index is 1.77. The summed E-state index contributed by atoms with van der Waals surface area (Å²) in [7, 11) is 0. The summed E-state index contributed by atoms with van der Waals surface area (Å²) in [4.78, 5) is 21.4. The van der Waals surface area contributed by atoms with Gasteiger partial charge in [0, 0.05) is 11.8 Å². The highest BCUT2D eigenvalue weighted by molar-refractivity contribution is 5.91. The quantitative estimate of drug-likeness (QED) is 0.361. The van der Waals surface area contributed by atoms with E-state index < -0.39 is 16.7 Å². The number of nitrogens with two attached hydrogens (primary N) is 1. The lowest BCUT2D eigenvalue weighted by Crippen LogP contribution is -2.27. The van der Waals surface area contributed by atoms with Crippen LogP contribution >= 0.6 is 0 Å². The van der Waals surface area contributed by atoms with Crippen molar-refractivity contribution in [2.45, 2.75) is 0 Å². The summed E-state index contributed by atoms with van der Waals surface area (Å²) in [6, 6.07) is 9.26. The lowest BCUT2D eigenvalue weighted by atomic mass is 10.3. The van der Waals surface area contributed by atoms with Gasteiger partial charge in [-0.3, -0.25) is 14.9 Å². The minimum Gasteiger partial charge on any atom is -0.492 e. The van der Waals surface area contributed by atoms with Crippen LogP contribution in [0.3, 0.4) is 0 Å². The van der Waals surface area contributed by atoms with Gasteiger partial charge in [0.15, 0.2) is 5.76 Å². The zero-order chi connectivity index (χ0) is 15.2. The zero-order valence-electron chi connectivity index (χ0n) is 10.9. The topological polar surface area (TPSA) is 121 Å². The normalized spacial score (nSPS) is 10.1. The van der Waals surface area contributed by atoms with Crippen LogP contribution in [0.4, 0.5) is 11.6 Å². The average molecular weight is 291 g/mol. The van der Waals surface area contributed by atoms with E-state index in [0.717, 1.165) is 6.07 Å². The van der Waals surface area contributed by atoms with Gasteiger partial charge >= 0.3 is 5.88 Å². The van der Waals surface area contributed by atoms with Crippen LogP contribution in [-0.4, -0.2) is 24.0 Å². The minimum absolute atomic E-state index is 0.120. The molecule has 8 nitrogen and oxygen atoms in total. The number of carbonyl (C=O) groups is 1. The predicted octanol–water partition coefficient (Wildman–Crippen LogP) is 1.58. The first-order valence-electron chi connectivity index (χ1n) is 6.07. The molecule has 2 rings (SSSR count). The summed E-state index contributed by atoms with van der Waals surface area (Å²) in [6.45, 7) is 0.458. The second-order valence-corrected chi connectivity index (χ2v) is 4.07. The highest BCUT2D eigenvalue weighted by atomic mass is 16.6. The SMILES string of the molecule is Nc1cccc(OCCNC(=O)c2ccc([N+](=O)[O-])o2)c1. The van der Waals surface area contributed by atoms with Gasteiger partial charge in [-0.15, -0.1) is 0 Å². The predicted molar refractivity (Wildman–Crippen MR) is 74.0 cm³/mol. The van der Waals surface area contributed by atoms with Crippen LogP contribution in [0.25, 0.3) is 0 Å². The maximum Gasteiger partial charge on any atom is 0.433 e. The Hall–Kier alpha value is -3.03. The number of anilines is 1. The fraction of sp³-hybridized carbons (Fsp3) is 0.154. The molecule has 0 saturated carbocycles. The van der Waals surface area contributed by atoms with E-state index in [1.807, 2.05) is 0 Å². The Morgan fingerprint density at radius 2 is 2.19 bits per heavy atom. The standard InChI is InChI=1S/C13H13N3O5/c14-9-2-1-3-10(8-9)20-7-6-15-13(17)11-4-5-12(21-11)16(18)19/h1-5,8H,6-7,14H2,(H,15,17). The van der Waals surface area contributed by atoms with E-state index in [9.17, 15) is 14.9 Å². The van der Waals surface area contributed by atoms with Gasteiger partial charge in [-0.2, -0.15) is 0 Å². The van der Waals surface area contributed by atoms with Crippen LogP contribution in [-0.2, 0) is 0 Å². The summed E-state index contributed by atoms with van der Waals surface area (Å²) in [5.74, 6) is -0.543. The number of nitrogens with one attached hydrogen (secondary N) is 1. The van der Waals surface area contributed by atoms with E-state index in [2.05, 4.69) is 5.32 Å². The average Bonchev–Trinajstić information content (AvgIpc) is 2.93. The fourth-order valence-electron chi connectivity index (χ4n) is 1.57. The highest BCUT2D eigenvalue weighted by Gasteiger charge is 2.16. The molecule has 0 atom stereocenters. The maximum atomic E-state index is 11.6. The minimum atomic E-state index is -0.709. The first-order chi connectivity index (χ1) is 10.1. The molecule has 1 aromatic heterocycles. The third kappa shape index (κ3) is 3.96. The van der Waals surface area contributed by atoms with Crippen LogP contribution in [0, 0.1) is 10.1 Å². The van der Waals surface area contributed by atoms with Gasteiger partial charge < -0.3 is 20.2 Å². The Morgan fingerprint density at radius 1 is 1.38 bits per heavy atom. The highest BCUT2D eigenvalue weighted by Crippen LogP contribution is 2.15. The molecule has 0 saturated heterocycles. The summed E-state index contributed by atoms with van der Waals surface area (Å²) < 4.78 is 10.2. The van der Waals surface area contributed by atoms with E-state index in [1.165, 1.54) is 6.07 Å². The van der Waals surface area contributed by atoms with Crippen molar-refractivity contribution >= 4 is 17.5 Å². The van der Waals surface area contributed by atoms with Crippen LogP contribution in [0.2, 0.25) is 0 Å². The van der Waals surface area contributed by atoms with Crippen LogP contribution < -0.4 is 15.8 Å². The monoisotopic (exact) mass is 291 g/mol. The van der Waals surface area contributed by atoms with Crippen molar-refractivity contribution in [2.24, 2.45) is 0 Å². The van der Waals surface area contributed by atoms with Crippen molar-refractivity contribution in [3.63, 3.8) is 0 Å². The van der Waals surface area contributed by atoms with E-state index in [0.29, 0.717) is 11.4 Å². The van der Waals surface area contributed by atoms with Gasteiger partial charge in [0.25, 0.3) is 5.91 Å². The molecule has 21 heavy (non-hydrogen) atoms. The lowest BCUT2D eigenvalue weighted by molar-refractivity contribution is -0.402. The Bertz CT molecular complexity index is 653. The van der Waals surface area contributed by atoms with E-state index in [1.54, 1.807) is 24.3 Å². The summed E-state index contributed by atoms with van der Waals surface area (Å²) in [5, 5.41) is 13.0. The first-order valence-corrected chi connectivity index (χ1v) is 6.07. The van der Waals surface area contributed by atoms with Crippen molar-refractivity contribution in [3.05, 3.63) is 52.3 Å². The van der Waals surface area contributed by atoms with E-state index >= 15 is 0 Å². The van der Waals surface area contributed by atoms with Crippen molar-refractivity contribution in [1.29, 1.82) is 0 Å². The lowest BCUT2D eigenvalue weighted by Gasteiger charge is -2.07. The fourth-order valence-corrected chi connectivity index (χ4v) is 1.57. The van der Waals surface area contributed by atoms with E-state index in [4.69, 9.17) is 14.9 Å². The maximum absolute atomic E-state index is 11.6. The number of nitro groups is 1. The largest absolute Gasteiger partial charge is 0.492 e. The summed E-state index contributed by atoms with van der Waals surface area (Å²) in [6.07, 6.45) is 0. The molecule has 0 aliphatic rings. The van der Waals surface area contributed by atoms with Gasteiger partial charge in [-0.25, -0.2) is 0 Å². The van der Waals surface area contributed by atoms with Crippen molar-refractivity contribution in [3.8, 4) is 5.75 Å². The number of hydrogen-bond acceptors (Lipinski definition) is 6. The number of nitrogens with zero attached hydrogens (tertiary/aromatic N) is 1. The number of benzene rings is 1. The number of rotatable bonds is 6. The van der Waals surface area contributed by atoms with Crippen molar-refractivity contribution in [1.82, 2.24) is 5.32 Å². The molecule has 1 aromatic carbocycles. The number of furan rings is 1.